The molecule has 0 aliphatic heterocycles. The Balaban J connectivity index is 1.65. The second-order valence-electron chi connectivity index (χ2n) is 14.9. The van der Waals surface area contributed by atoms with E-state index in [1.807, 2.05) is 20.8 Å². The lowest BCUT2D eigenvalue weighted by atomic mass is 9.33. The molecule has 214 valence electrons. The number of aliphatic carboxylic acids is 2. The van der Waals surface area contributed by atoms with Crippen molar-refractivity contribution in [3.63, 3.8) is 0 Å². The molecule has 5 aliphatic carbocycles. The zero-order valence-corrected chi connectivity index (χ0v) is 23.4. The van der Waals surface area contributed by atoms with E-state index in [0.29, 0.717) is 44.9 Å². The van der Waals surface area contributed by atoms with Gasteiger partial charge >= 0.3 is 11.9 Å². The average Bonchev–Trinajstić information content (AvgIpc) is 2.83. The summed E-state index contributed by atoms with van der Waals surface area (Å²) in [6.07, 6.45) is 2.83. The highest BCUT2D eigenvalue weighted by Gasteiger charge is 2.73. The summed E-state index contributed by atoms with van der Waals surface area (Å²) >= 11 is 0. The molecule has 0 bridgehead atoms. The van der Waals surface area contributed by atoms with Gasteiger partial charge in [-0.1, -0.05) is 46.3 Å². The summed E-state index contributed by atoms with van der Waals surface area (Å²) in [5.41, 5.74) is -3.61. The van der Waals surface area contributed by atoms with Crippen molar-refractivity contribution >= 4 is 11.9 Å². The summed E-state index contributed by atoms with van der Waals surface area (Å²) in [4.78, 5) is 25.4. The van der Waals surface area contributed by atoms with Gasteiger partial charge in [0.25, 0.3) is 0 Å². The largest absolute Gasteiger partial charge is 0.481 e. The molecule has 0 aromatic heterocycles. The zero-order valence-electron chi connectivity index (χ0n) is 23.4. The summed E-state index contributed by atoms with van der Waals surface area (Å²) in [5.74, 6) is -3.16. The molecule has 4 fully saturated rings. The first kappa shape index (κ1) is 28.1. The number of aliphatic hydroxyl groups is 4. The number of carboxylic acid groups (broad SMARTS) is 2. The van der Waals surface area contributed by atoms with Crippen LogP contribution in [0, 0.1) is 50.2 Å². The van der Waals surface area contributed by atoms with E-state index in [-0.39, 0.29) is 17.8 Å². The van der Waals surface area contributed by atoms with Crippen LogP contribution in [0.25, 0.3) is 0 Å². The first-order valence-electron chi connectivity index (χ1n) is 14.3. The Kier molecular flexibility index (Phi) is 6.11. The molecular formula is C30H46O8. The van der Waals surface area contributed by atoms with Crippen LogP contribution >= 0.6 is 0 Å². The molecule has 0 aromatic rings. The number of allylic oxidation sites excluding steroid dienone is 1. The fourth-order valence-corrected chi connectivity index (χ4v) is 10.8. The number of hydrogen-bond donors (Lipinski definition) is 6. The van der Waals surface area contributed by atoms with Gasteiger partial charge < -0.3 is 30.6 Å². The lowest BCUT2D eigenvalue weighted by Crippen LogP contribution is -2.70. The van der Waals surface area contributed by atoms with E-state index in [1.54, 1.807) is 0 Å². The minimum absolute atomic E-state index is 0.0407. The smallest absolute Gasteiger partial charge is 0.315 e. The van der Waals surface area contributed by atoms with E-state index in [2.05, 4.69) is 19.9 Å². The fraction of sp³-hybridized carbons (Fsp3) is 0.867. The Morgan fingerprint density at radius 3 is 2.08 bits per heavy atom. The molecule has 0 radical (unpaired) electrons. The van der Waals surface area contributed by atoms with Crippen molar-refractivity contribution < 1.29 is 40.2 Å². The lowest BCUT2D eigenvalue weighted by molar-refractivity contribution is -0.252. The van der Waals surface area contributed by atoms with Crippen molar-refractivity contribution in [1.82, 2.24) is 0 Å². The minimum atomic E-state index is -1.84. The van der Waals surface area contributed by atoms with Crippen molar-refractivity contribution in [2.75, 3.05) is 6.61 Å². The van der Waals surface area contributed by atoms with E-state index in [0.717, 1.165) is 5.57 Å². The summed E-state index contributed by atoms with van der Waals surface area (Å²) in [6.45, 7) is 9.76. The van der Waals surface area contributed by atoms with Crippen molar-refractivity contribution in [3.05, 3.63) is 11.6 Å². The normalized spacial score (nSPS) is 53.4. The molecule has 8 nitrogen and oxygen atoms in total. The third kappa shape index (κ3) is 3.06. The highest BCUT2D eigenvalue weighted by atomic mass is 16.4. The van der Waals surface area contributed by atoms with E-state index in [1.165, 1.54) is 0 Å². The quantitative estimate of drug-likeness (QED) is 0.302. The van der Waals surface area contributed by atoms with Crippen LogP contribution in [0.4, 0.5) is 0 Å². The van der Waals surface area contributed by atoms with E-state index < -0.39 is 75.8 Å². The predicted octanol–water partition coefficient (Wildman–Crippen LogP) is 3.21. The van der Waals surface area contributed by atoms with Crippen LogP contribution in [0.5, 0.6) is 0 Å². The van der Waals surface area contributed by atoms with Gasteiger partial charge in [0.05, 0.1) is 30.3 Å². The molecule has 0 heterocycles. The summed E-state index contributed by atoms with van der Waals surface area (Å²) < 4.78 is 0. The molecule has 8 heteroatoms. The Labute approximate surface area is 225 Å². The van der Waals surface area contributed by atoms with Crippen LogP contribution in [-0.2, 0) is 9.59 Å². The van der Waals surface area contributed by atoms with Gasteiger partial charge in [-0.15, -0.1) is 0 Å². The topological polar surface area (TPSA) is 156 Å². The van der Waals surface area contributed by atoms with Gasteiger partial charge in [-0.3, -0.25) is 9.59 Å². The van der Waals surface area contributed by atoms with Gasteiger partial charge in [-0.05, 0) is 84.9 Å². The number of hydrogen-bond acceptors (Lipinski definition) is 6. The van der Waals surface area contributed by atoms with E-state index in [4.69, 9.17) is 0 Å². The molecule has 0 unspecified atom stereocenters. The third-order valence-electron chi connectivity index (χ3n) is 13.4. The van der Waals surface area contributed by atoms with Crippen LogP contribution in [0.2, 0.25) is 0 Å². The van der Waals surface area contributed by atoms with Crippen molar-refractivity contribution in [2.45, 2.75) is 104 Å². The standard InChI is InChI=1S/C30H46O8/c1-25(2)10-12-29(23(35)36)13-11-27(4)16(20(29)22(25)34)6-7-18-26(3)14-17(32)21(33)30(15-31,24(37)38)19(26)8-9-28(18,27)5/h6,17-22,31-34H,7-15H2,1-5H3,(H,35,36)(H,37,38)/t17-,18-,19-,20-,21+,22+,26-,27-,28-,29+,30-/m1/s1. The summed E-state index contributed by atoms with van der Waals surface area (Å²) in [6, 6.07) is 0. The molecule has 11 atom stereocenters. The monoisotopic (exact) mass is 534 g/mol. The average molecular weight is 535 g/mol. The Morgan fingerprint density at radius 1 is 0.868 bits per heavy atom. The second kappa shape index (κ2) is 8.27. The molecule has 5 aliphatic rings. The fourth-order valence-electron chi connectivity index (χ4n) is 10.8. The maximum Gasteiger partial charge on any atom is 0.315 e. The Bertz CT molecular complexity index is 1070. The van der Waals surface area contributed by atoms with Crippen LogP contribution in [0.15, 0.2) is 11.6 Å². The summed E-state index contributed by atoms with van der Waals surface area (Å²) in [7, 11) is 0. The lowest BCUT2D eigenvalue weighted by Gasteiger charge is -2.71. The van der Waals surface area contributed by atoms with Gasteiger partial charge in [-0.25, -0.2) is 0 Å². The van der Waals surface area contributed by atoms with Gasteiger partial charge in [0, 0.05) is 5.92 Å². The first-order chi connectivity index (χ1) is 17.5. The Morgan fingerprint density at radius 2 is 1.50 bits per heavy atom. The Hall–Kier alpha value is -1.48. The number of fused-ring (bicyclic) bond motifs is 7. The molecule has 0 saturated heterocycles. The maximum atomic E-state index is 12.8. The molecule has 0 amide bonds. The zero-order chi connectivity index (χ0) is 28.3. The van der Waals surface area contributed by atoms with Gasteiger partial charge in [0.15, 0.2) is 0 Å². The predicted molar refractivity (Wildman–Crippen MR) is 139 cm³/mol. The first-order valence-corrected chi connectivity index (χ1v) is 14.3. The van der Waals surface area contributed by atoms with Crippen molar-refractivity contribution in [2.24, 2.45) is 50.2 Å². The number of aliphatic hydroxyl groups excluding tert-OH is 4. The number of carboxylic acids is 2. The second-order valence-corrected chi connectivity index (χ2v) is 14.9. The number of rotatable bonds is 3. The highest BCUT2D eigenvalue weighted by Crippen LogP contribution is 2.75. The molecule has 38 heavy (non-hydrogen) atoms. The van der Waals surface area contributed by atoms with Gasteiger partial charge in [0.2, 0.25) is 0 Å². The van der Waals surface area contributed by atoms with Crippen LogP contribution in [-0.4, -0.2) is 67.5 Å². The van der Waals surface area contributed by atoms with Crippen LogP contribution in [0.1, 0.15) is 86.0 Å². The van der Waals surface area contributed by atoms with Crippen LogP contribution < -0.4 is 0 Å². The summed E-state index contributed by atoms with van der Waals surface area (Å²) in [5, 5.41) is 64.8. The van der Waals surface area contributed by atoms with Crippen LogP contribution in [0.3, 0.4) is 0 Å². The molecule has 0 aromatic carbocycles. The third-order valence-corrected chi connectivity index (χ3v) is 13.4. The van der Waals surface area contributed by atoms with Crippen molar-refractivity contribution in [3.8, 4) is 0 Å². The van der Waals surface area contributed by atoms with Gasteiger partial charge in [-0.2, -0.15) is 0 Å². The van der Waals surface area contributed by atoms with E-state index in [9.17, 15) is 40.2 Å². The van der Waals surface area contributed by atoms with E-state index >= 15 is 0 Å². The number of carbonyl (C=O) groups is 2. The van der Waals surface area contributed by atoms with Gasteiger partial charge in [0.1, 0.15) is 5.41 Å². The minimum Gasteiger partial charge on any atom is -0.481 e. The maximum absolute atomic E-state index is 12.8. The molecule has 6 N–H and O–H groups in total. The molecule has 0 spiro atoms. The molecule has 4 saturated carbocycles. The highest BCUT2D eigenvalue weighted by molar-refractivity contribution is 5.77. The SMILES string of the molecule is CC1(C)CC[C@]2(C(=O)O)CC[C@]3(C)C(=CC[C@@H]4[C@@]5(C)C[C@@H](O)[C@H](O)[C@](CO)(C(=O)O)[C@@H]5CC[C@]43C)[C@@H]2[C@@H]1O. The van der Waals surface area contributed by atoms with Crippen molar-refractivity contribution in [1.29, 1.82) is 0 Å². The molecular weight excluding hydrogens is 488 g/mol. The molecule has 5 rings (SSSR count).